The Morgan fingerprint density at radius 2 is 1.79 bits per heavy atom. The minimum atomic E-state index is -0.336. The quantitative estimate of drug-likeness (QED) is 0.772. The minimum Gasteiger partial charge on any atom is -0.339 e. The summed E-state index contributed by atoms with van der Waals surface area (Å²) in [4.78, 5) is 29.9. The Morgan fingerprint density at radius 1 is 1.07 bits per heavy atom. The Kier molecular flexibility index (Phi) is 5.19. The van der Waals surface area contributed by atoms with Gasteiger partial charge in [0.1, 0.15) is 5.82 Å². The predicted octanol–water partition coefficient (Wildman–Crippen LogP) is 3.94. The molecular weight excluding hydrogens is 355 g/mol. The summed E-state index contributed by atoms with van der Waals surface area (Å²) in [5.74, 6) is 1.31. The van der Waals surface area contributed by atoms with E-state index >= 15 is 0 Å². The van der Waals surface area contributed by atoms with E-state index in [9.17, 15) is 14.0 Å². The second kappa shape index (κ2) is 7.49. The van der Waals surface area contributed by atoms with E-state index in [1.54, 1.807) is 17.9 Å². The summed E-state index contributed by atoms with van der Waals surface area (Å²) in [5, 5.41) is 0. The van der Waals surface area contributed by atoms with E-state index in [-0.39, 0.29) is 23.7 Å². The van der Waals surface area contributed by atoms with Gasteiger partial charge in [0.25, 0.3) is 5.91 Å². The summed E-state index contributed by atoms with van der Waals surface area (Å²) in [7, 11) is 0. The van der Waals surface area contributed by atoms with Crippen LogP contribution >= 0.6 is 0 Å². The molecule has 0 radical (unpaired) electrons. The molecule has 3 aliphatic carbocycles. The monoisotopic (exact) mass is 386 g/mol. The van der Waals surface area contributed by atoms with Gasteiger partial charge in [-0.3, -0.25) is 9.59 Å². The number of halogens is 1. The third kappa shape index (κ3) is 3.44. The van der Waals surface area contributed by atoms with Crippen molar-refractivity contribution in [3.8, 4) is 0 Å². The van der Waals surface area contributed by atoms with Gasteiger partial charge in [0.15, 0.2) is 0 Å². The zero-order chi connectivity index (χ0) is 20.0. The molecule has 1 aromatic rings. The molecule has 1 heterocycles. The molecule has 28 heavy (non-hydrogen) atoms. The average molecular weight is 387 g/mol. The first-order chi connectivity index (χ1) is 13.3. The smallest absolute Gasteiger partial charge is 0.254 e. The highest BCUT2D eigenvalue weighted by atomic mass is 19.1. The van der Waals surface area contributed by atoms with Crippen LogP contribution in [0.5, 0.6) is 0 Å². The highest BCUT2D eigenvalue weighted by Gasteiger charge is 2.42. The summed E-state index contributed by atoms with van der Waals surface area (Å²) < 4.78 is 14.1. The maximum absolute atomic E-state index is 14.1. The summed E-state index contributed by atoms with van der Waals surface area (Å²) in [6.45, 7) is 7.21. The standard InChI is InChI=1S/C23H31FN2O2/c1-14-10-19(12-21(24)16(14)3)22(27)26-9-8-25(13-15(26)2)23(28)20-11-17-4-6-18(20)7-5-17/h10,12,15,17-18,20H,4-9,11,13H2,1-3H3/t15-,17?,18?,20?/m0/s1. The molecular formula is C23H31FN2O2. The number of aryl methyl sites for hydroxylation is 1. The number of hydrogen-bond acceptors (Lipinski definition) is 2. The van der Waals surface area contributed by atoms with Gasteiger partial charge in [-0.1, -0.05) is 12.8 Å². The molecule has 152 valence electrons. The predicted molar refractivity (Wildman–Crippen MR) is 107 cm³/mol. The van der Waals surface area contributed by atoms with E-state index in [1.165, 1.54) is 31.7 Å². The lowest BCUT2D eigenvalue weighted by atomic mass is 9.64. The minimum absolute atomic E-state index is 0.0596. The Labute approximate surface area is 167 Å². The second-order valence-corrected chi connectivity index (χ2v) is 9.15. The van der Waals surface area contributed by atoms with Crippen LogP contribution in [0.15, 0.2) is 12.1 Å². The van der Waals surface area contributed by atoms with Crippen molar-refractivity contribution in [2.45, 2.75) is 58.9 Å². The molecule has 1 aliphatic heterocycles. The number of fused-ring (bicyclic) bond motifs is 3. The van der Waals surface area contributed by atoms with Gasteiger partial charge < -0.3 is 9.80 Å². The Morgan fingerprint density at radius 3 is 2.36 bits per heavy atom. The highest BCUT2D eigenvalue weighted by molar-refractivity contribution is 5.95. The Balaban J connectivity index is 1.42. The van der Waals surface area contributed by atoms with Gasteiger partial charge in [0, 0.05) is 37.2 Å². The van der Waals surface area contributed by atoms with Crippen LogP contribution in [0.4, 0.5) is 4.39 Å². The van der Waals surface area contributed by atoms with Gasteiger partial charge >= 0.3 is 0 Å². The van der Waals surface area contributed by atoms with Crippen molar-refractivity contribution in [2.24, 2.45) is 17.8 Å². The first-order valence-electron chi connectivity index (χ1n) is 10.7. The van der Waals surface area contributed by atoms with Crippen molar-refractivity contribution in [2.75, 3.05) is 19.6 Å². The van der Waals surface area contributed by atoms with Gasteiger partial charge in [-0.15, -0.1) is 0 Å². The van der Waals surface area contributed by atoms with Crippen molar-refractivity contribution in [3.63, 3.8) is 0 Å². The first kappa shape index (κ1) is 19.4. The number of nitrogens with zero attached hydrogens (tertiary/aromatic N) is 2. The number of rotatable bonds is 2. The van der Waals surface area contributed by atoms with Crippen LogP contribution in [0.25, 0.3) is 0 Å². The third-order valence-electron chi connectivity index (χ3n) is 7.42. The number of benzene rings is 1. The highest BCUT2D eigenvalue weighted by Crippen LogP contribution is 2.45. The molecule has 0 N–H and O–H groups in total. The van der Waals surface area contributed by atoms with Crippen molar-refractivity contribution in [1.29, 1.82) is 0 Å². The molecule has 1 saturated heterocycles. The molecule has 0 spiro atoms. The van der Waals surface area contributed by atoms with Crippen LogP contribution < -0.4 is 0 Å². The van der Waals surface area contributed by atoms with Gasteiger partial charge in [-0.05, 0) is 75.1 Å². The number of carbonyl (C=O) groups is 2. The molecule has 5 heteroatoms. The van der Waals surface area contributed by atoms with Crippen LogP contribution in [-0.2, 0) is 4.79 Å². The molecule has 2 atom stereocenters. The van der Waals surface area contributed by atoms with E-state index in [0.29, 0.717) is 42.6 Å². The Bertz CT molecular complexity index is 762. The normalized spacial score (nSPS) is 29.9. The molecule has 3 saturated carbocycles. The molecule has 4 fully saturated rings. The van der Waals surface area contributed by atoms with Crippen LogP contribution in [0, 0.1) is 37.4 Å². The maximum atomic E-state index is 14.1. The number of piperazine rings is 1. The van der Waals surface area contributed by atoms with Gasteiger partial charge in [0.05, 0.1) is 0 Å². The first-order valence-corrected chi connectivity index (χ1v) is 10.7. The fourth-order valence-electron chi connectivity index (χ4n) is 5.48. The second-order valence-electron chi connectivity index (χ2n) is 9.15. The molecule has 1 aromatic carbocycles. The summed E-state index contributed by atoms with van der Waals surface area (Å²) in [5.41, 5.74) is 1.77. The van der Waals surface area contributed by atoms with Gasteiger partial charge in [0.2, 0.25) is 5.91 Å². The zero-order valence-corrected chi connectivity index (χ0v) is 17.2. The fraction of sp³-hybridized carbons (Fsp3) is 0.652. The van der Waals surface area contributed by atoms with Gasteiger partial charge in [-0.2, -0.15) is 0 Å². The third-order valence-corrected chi connectivity index (χ3v) is 7.42. The van der Waals surface area contributed by atoms with Gasteiger partial charge in [-0.25, -0.2) is 4.39 Å². The van der Waals surface area contributed by atoms with Crippen molar-refractivity contribution < 1.29 is 14.0 Å². The zero-order valence-electron chi connectivity index (χ0n) is 17.2. The molecule has 1 unspecified atom stereocenters. The average Bonchev–Trinajstić information content (AvgIpc) is 2.71. The lowest BCUT2D eigenvalue weighted by Crippen LogP contribution is -2.57. The number of carbonyl (C=O) groups excluding carboxylic acids is 2. The topological polar surface area (TPSA) is 40.6 Å². The molecule has 2 amide bonds. The van der Waals surface area contributed by atoms with E-state index in [2.05, 4.69) is 0 Å². The molecule has 4 aliphatic rings. The van der Waals surface area contributed by atoms with E-state index in [4.69, 9.17) is 0 Å². The molecule has 4 nitrogen and oxygen atoms in total. The maximum Gasteiger partial charge on any atom is 0.254 e. The van der Waals surface area contributed by atoms with Crippen LogP contribution in [-0.4, -0.2) is 47.3 Å². The van der Waals surface area contributed by atoms with E-state index in [0.717, 1.165) is 17.9 Å². The molecule has 0 aromatic heterocycles. The van der Waals surface area contributed by atoms with E-state index in [1.807, 2.05) is 18.7 Å². The summed E-state index contributed by atoms with van der Waals surface area (Å²) in [6, 6.07) is 3.05. The molecule has 5 rings (SSSR count). The lowest BCUT2D eigenvalue weighted by molar-refractivity contribution is -0.143. The van der Waals surface area contributed by atoms with E-state index < -0.39 is 0 Å². The fourth-order valence-corrected chi connectivity index (χ4v) is 5.48. The van der Waals surface area contributed by atoms with Crippen LogP contribution in [0.1, 0.15) is 60.5 Å². The van der Waals surface area contributed by atoms with Crippen molar-refractivity contribution in [3.05, 3.63) is 34.6 Å². The van der Waals surface area contributed by atoms with Crippen LogP contribution in [0.2, 0.25) is 0 Å². The lowest BCUT2D eigenvalue weighted by Gasteiger charge is -2.46. The number of amides is 2. The number of hydrogen-bond donors (Lipinski definition) is 0. The van der Waals surface area contributed by atoms with Crippen molar-refractivity contribution >= 4 is 11.8 Å². The SMILES string of the molecule is Cc1cc(C(=O)N2CCN(C(=O)C3CC4CCC3CC4)C[C@@H]2C)cc(F)c1C. The summed E-state index contributed by atoms with van der Waals surface area (Å²) >= 11 is 0. The van der Waals surface area contributed by atoms with Crippen LogP contribution in [0.3, 0.4) is 0 Å². The van der Waals surface area contributed by atoms with Crippen molar-refractivity contribution in [1.82, 2.24) is 9.80 Å². The largest absolute Gasteiger partial charge is 0.339 e. The molecule has 2 bridgehead atoms. The summed E-state index contributed by atoms with van der Waals surface area (Å²) in [6.07, 6.45) is 6.04. The Hall–Kier alpha value is -1.91.